The van der Waals surface area contributed by atoms with Crippen LogP contribution in [-0.2, 0) is 9.59 Å². The van der Waals surface area contributed by atoms with Crippen LogP contribution in [0.4, 0.5) is 0 Å². The molecule has 1 amide bonds. The number of nitrogens with zero attached hydrogens (tertiary/aromatic N) is 2. The molecule has 2 aliphatic heterocycles. The number of carbonyl (C=O) groups is 2. The highest BCUT2D eigenvalue weighted by Crippen LogP contribution is 2.42. The zero-order valence-corrected chi connectivity index (χ0v) is 12.4. The second-order valence-corrected chi connectivity index (χ2v) is 5.99. The highest BCUT2D eigenvalue weighted by Gasteiger charge is 2.53. The Morgan fingerprint density at radius 3 is 2.78 bits per heavy atom. The molecule has 0 radical (unpaired) electrons. The fourth-order valence-corrected chi connectivity index (χ4v) is 4.08. The van der Waals surface area contributed by atoms with Gasteiger partial charge in [-0.05, 0) is 19.4 Å². The third-order valence-corrected chi connectivity index (χ3v) is 4.78. The van der Waals surface area contributed by atoms with Crippen LogP contribution in [-0.4, -0.2) is 50.1 Å². The topological polar surface area (TPSA) is 70.0 Å². The Morgan fingerprint density at radius 1 is 1.61 bits per heavy atom. The molecule has 0 aromatic rings. The van der Waals surface area contributed by atoms with Gasteiger partial charge in [0.1, 0.15) is 11.1 Å². The van der Waals surface area contributed by atoms with E-state index in [0.29, 0.717) is 11.1 Å². The number of β-lactam (4-membered cyclic amide) rings is 1. The lowest BCUT2D eigenvalue weighted by molar-refractivity contribution is -0.147. The predicted octanol–water partition coefficient (Wildman–Crippen LogP) is 1.48. The summed E-state index contributed by atoms with van der Waals surface area (Å²) < 4.78 is 0. The van der Waals surface area contributed by atoms with E-state index in [1.54, 1.807) is 11.8 Å². The Morgan fingerprint density at radius 2 is 2.28 bits per heavy atom. The number of carboxylic acids is 1. The molecule has 98 valence electrons. The second kappa shape index (κ2) is 5.05. The number of carboxylic acid groups (broad SMARTS) is 1. The van der Waals surface area contributed by atoms with Crippen molar-refractivity contribution in [3.8, 4) is 0 Å². The minimum atomic E-state index is -1.04. The van der Waals surface area contributed by atoms with Crippen molar-refractivity contribution in [2.24, 2.45) is 4.99 Å². The van der Waals surface area contributed by atoms with Gasteiger partial charge in [0.05, 0.1) is 0 Å². The quantitative estimate of drug-likeness (QED) is 0.483. The first-order chi connectivity index (χ1) is 8.47. The highest BCUT2D eigenvalue weighted by molar-refractivity contribution is 9.09. The van der Waals surface area contributed by atoms with Gasteiger partial charge < -0.3 is 5.11 Å². The van der Waals surface area contributed by atoms with E-state index < -0.39 is 12.0 Å². The minimum Gasteiger partial charge on any atom is -0.477 e. The van der Waals surface area contributed by atoms with E-state index in [1.807, 2.05) is 13.8 Å². The number of thioether (sulfide) groups is 1. The minimum absolute atomic E-state index is 0.126. The van der Waals surface area contributed by atoms with E-state index in [2.05, 4.69) is 20.9 Å². The van der Waals surface area contributed by atoms with Crippen LogP contribution in [0.5, 0.6) is 0 Å². The summed E-state index contributed by atoms with van der Waals surface area (Å²) >= 11 is 4.83. The zero-order valence-electron chi connectivity index (χ0n) is 10.0. The number of aliphatic carboxylic acids is 1. The van der Waals surface area contributed by atoms with Crippen molar-refractivity contribution >= 4 is 45.3 Å². The smallest absolute Gasteiger partial charge is 0.352 e. The molecule has 0 saturated carbocycles. The number of aliphatic imine (C=N–C) groups is 1. The molecule has 0 aromatic heterocycles. The number of fused-ring (bicyclic) bond motifs is 1. The first-order valence-corrected chi connectivity index (χ1v) is 7.61. The summed E-state index contributed by atoms with van der Waals surface area (Å²) in [5.74, 6) is -0.640. The number of halogens is 1. The molecular formula is C11H13BrN2O3S. The lowest BCUT2D eigenvalue weighted by Crippen LogP contribution is -2.64. The summed E-state index contributed by atoms with van der Waals surface area (Å²) in [5.41, 5.74) is 1.70. The third kappa shape index (κ3) is 2.09. The van der Waals surface area contributed by atoms with E-state index in [-0.39, 0.29) is 17.0 Å². The predicted molar refractivity (Wildman–Crippen MR) is 74.1 cm³/mol. The Kier molecular flexibility index (Phi) is 3.82. The fourth-order valence-electron chi connectivity index (χ4n) is 2.03. The van der Waals surface area contributed by atoms with Crippen LogP contribution in [0.1, 0.15) is 13.8 Å². The number of rotatable bonds is 3. The van der Waals surface area contributed by atoms with Crippen molar-refractivity contribution in [3.05, 3.63) is 11.3 Å². The Bertz CT molecular complexity index is 471. The second-order valence-electron chi connectivity index (χ2n) is 4.32. The van der Waals surface area contributed by atoms with Crippen molar-refractivity contribution < 1.29 is 14.7 Å². The summed E-state index contributed by atoms with van der Waals surface area (Å²) in [6, 6.07) is -0.425. The average Bonchev–Trinajstić information content (AvgIpc) is 2.33. The molecule has 0 aliphatic carbocycles. The third-order valence-electron chi connectivity index (χ3n) is 2.78. The molecule has 1 saturated heterocycles. The lowest BCUT2D eigenvalue weighted by Gasteiger charge is -2.47. The average molecular weight is 333 g/mol. The van der Waals surface area contributed by atoms with E-state index >= 15 is 0 Å². The van der Waals surface area contributed by atoms with Crippen molar-refractivity contribution in [1.82, 2.24) is 4.90 Å². The highest BCUT2D eigenvalue weighted by atomic mass is 79.9. The number of alkyl halides is 1. The van der Waals surface area contributed by atoms with Crippen LogP contribution in [0, 0.1) is 0 Å². The molecule has 5 nitrogen and oxygen atoms in total. The molecule has 2 rings (SSSR count). The molecular weight excluding hydrogens is 320 g/mol. The summed E-state index contributed by atoms with van der Waals surface area (Å²) in [5, 5.41) is 9.54. The van der Waals surface area contributed by atoms with E-state index in [1.165, 1.54) is 4.90 Å². The van der Waals surface area contributed by atoms with Crippen LogP contribution in [0.15, 0.2) is 16.3 Å². The van der Waals surface area contributed by atoms with Crippen LogP contribution in [0.2, 0.25) is 0 Å². The number of carbonyl (C=O) groups excluding carboxylic acids is 1. The van der Waals surface area contributed by atoms with Crippen molar-refractivity contribution in [3.63, 3.8) is 0 Å². The molecule has 7 heteroatoms. The van der Waals surface area contributed by atoms with Gasteiger partial charge in [0, 0.05) is 16.8 Å². The number of hydrogen-bond donors (Lipinski definition) is 1. The summed E-state index contributed by atoms with van der Waals surface area (Å²) in [6.07, 6.45) is 0. The van der Waals surface area contributed by atoms with Gasteiger partial charge in [0.15, 0.2) is 6.04 Å². The molecule has 1 N–H and O–H groups in total. The van der Waals surface area contributed by atoms with Crippen LogP contribution < -0.4 is 0 Å². The molecule has 2 atom stereocenters. The van der Waals surface area contributed by atoms with Crippen LogP contribution >= 0.6 is 27.7 Å². The maximum absolute atomic E-state index is 12.0. The van der Waals surface area contributed by atoms with Gasteiger partial charge in [0.2, 0.25) is 0 Å². The van der Waals surface area contributed by atoms with Gasteiger partial charge in [-0.1, -0.05) is 15.9 Å². The molecule has 0 spiro atoms. The van der Waals surface area contributed by atoms with E-state index in [9.17, 15) is 14.7 Å². The fraction of sp³-hybridized carbons (Fsp3) is 0.545. The number of amides is 1. The molecule has 1 unspecified atom stereocenters. The SMILES string of the molecule is CC(C)=NC1C(=O)N2C(C(=O)O)=C(CBr)CS[C@@H]12. The Hall–Kier alpha value is -0.820. The maximum Gasteiger partial charge on any atom is 0.352 e. The molecule has 2 heterocycles. The Labute approximate surface area is 117 Å². The largest absolute Gasteiger partial charge is 0.477 e. The Balaban J connectivity index is 2.32. The van der Waals surface area contributed by atoms with Crippen molar-refractivity contribution in [2.45, 2.75) is 25.3 Å². The van der Waals surface area contributed by atoms with Crippen LogP contribution in [0.3, 0.4) is 0 Å². The van der Waals surface area contributed by atoms with Gasteiger partial charge in [-0.3, -0.25) is 14.7 Å². The summed E-state index contributed by atoms with van der Waals surface area (Å²) in [6.45, 7) is 3.67. The normalized spacial score (nSPS) is 26.6. The summed E-state index contributed by atoms with van der Waals surface area (Å²) in [4.78, 5) is 28.9. The van der Waals surface area contributed by atoms with Crippen molar-refractivity contribution in [1.29, 1.82) is 0 Å². The molecule has 0 aromatic carbocycles. The van der Waals surface area contributed by atoms with Gasteiger partial charge in [0.25, 0.3) is 5.91 Å². The molecule has 0 bridgehead atoms. The first-order valence-electron chi connectivity index (χ1n) is 5.44. The van der Waals surface area contributed by atoms with Crippen LogP contribution in [0.25, 0.3) is 0 Å². The van der Waals surface area contributed by atoms with Gasteiger partial charge in [-0.2, -0.15) is 0 Å². The standard InChI is InChI=1S/C11H13BrN2O3S/c1-5(2)13-7-9(15)14-8(11(16)17)6(3-12)4-18-10(7)14/h7,10H,3-4H2,1-2H3,(H,16,17)/t7?,10-/m0/s1. The van der Waals surface area contributed by atoms with Crippen molar-refractivity contribution in [2.75, 3.05) is 11.1 Å². The van der Waals surface area contributed by atoms with E-state index in [4.69, 9.17) is 0 Å². The number of hydrogen-bond acceptors (Lipinski definition) is 4. The van der Waals surface area contributed by atoms with Gasteiger partial charge in [-0.25, -0.2) is 4.79 Å². The molecule has 18 heavy (non-hydrogen) atoms. The maximum atomic E-state index is 12.0. The lowest BCUT2D eigenvalue weighted by atomic mass is 10.0. The molecule has 2 aliphatic rings. The van der Waals surface area contributed by atoms with Gasteiger partial charge in [-0.15, -0.1) is 11.8 Å². The van der Waals surface area contributed by atoms with E-state index in [0.717, 1.165) is 11.3 Å². The summed E-state index contributed by atoms with van der Waals surface area (Å²) in [7, 11) is 0. The zero-order chi connectivity index (χ0) is 13.4. The first kappa shape index (κ1) is 13.6. The molecule has 1 fully saturated rings. The van der Waals surface area contributed by atoms with Gasteiger partial charge >= 0.3 is 5.97 Å². The monoisotopic (exact) mass is 332 g/mol.